The molecule has 13 heavy (non-hydrogen) atoms. The third-order valence-electron chi connectivity index (χ3n) is 1.69. The Labute approximate surface area is 83.1 Å². The Morgan fingerprint density at radius 2 is 2.23 bits per heavy atom. The van der Waals surface area contributed by atoms with Crippen molar-refractivity contribution in [2.75, 3.05) is 0 Å². The Morgan fingerprint density at radius 1 is 1.62 bits per heavy atom. The fourth-order valence-electron chi connectivity index (χ4n) is 0.965. The minimum absolute atomic E-state index is 0.111. The summed E-state index contributed by atoms with van der Waals surface area (Å²) in [6.07, 6.45) is 0. The molecule has 0 atom stereocenters. The summed E-state index contributed by atoms with van der Waals surface area (Å²) < 4.78 is 0.703. The van der Waals surface area contributed by atoms with E-state index in [4.69, 9.17) is 5.26 Å². The van der Waals surface area contributed by atoms with Gasteiger partial charge in [-0.2, -0.15) is 5.26 Å². The summed E-state index contributed by atoms with van der Waals surface area (Å²) in [7, 11) is 0. The maximum atomic E-state index is 10.5. The molecule has 5 heteroatoms. The van der Waals surface area contributed by atoms with E-state index in [-0.39, 0.29) is 11.3 Å². The molecule has 1 aromatic rings. The van der Waals surface area contributed by atoms with Crippen molar-refractivity contribution in [1.29, 1.82) is 5.26 Å². The van der Waals surface area contributed by atoms with Crippen molar-refractivity contribution in [3.8, 4) is 6.07 Å². The summed E-state index contributed by atoms with van der Waals surface area (Å²) in [5.74, 6) is 0. The number of nitriles is 1. The first-order chi connectivity index (χ1) is 6.07. The van der Waals surface area contributed by atoms with Crippen LogP contribution in [0.15, 0.2) is 16.6 Å². The summed E-state index contributed by atoms with van der Waals surface area (Å²) in [5, 5.41) is 19.2. The Balaban J connectivity index is 3.50. The lowest BCUT2D eigenvalue weighted by atomic mass is 10.1. The zero-order chi connectivity index (χ0) is 10.0. The topological polar surface area (TPSA) is 66.9 Å². The quantitative estimate of drug-likeness (QED) is 0.560. The van der Waals surface area contributed by atoms with Gasteiger partial charge < -0.3 is 0 Å². The molecule has 4 nitrogen and oxygen atoms in total. The van der Waals surface area contributed by atoms with Gasteiger partial charge in [-0.05, 0) is 18.6 Å². The van der Waals surface area contributed by atoms with Gasteiger partial charge in [-0.3, -0.25) is 10.1 Å². The molecule has 1 rings (SSSR count). The Hall–Kier alpha value is -1.41. The predicted molar refractivity (Wildman–Crippen MR) is 50.2 cm³/mol. The second-order valence-electron chi connectivity index (χ2n) is 2.44. The highest BCUT2D eigenvalue weighted by atomic mass is 79.9. The molecule has 0 amide bonds. The first-order valence-corrected chi connectivity index (χ1v) is 4.21. The lowest BCUT2D eigenvalue weighted by Crippen LogP contribution is -1.94. The molecule has 0 fully saturated rings. The van der Waals surface area contributed by atoms with Gasteiger partial charge in [0, 0.05) is 10.5 Å². The molecule has 0 aromatic heterocycles. The van der Waals surface area contributed by atoms with E-state index in [0.717, 1.165) is 0 Å². The molecular formula is C8H5BrN2O2. The Kier molecular flexibility index (Phi) is 2.63. The van der Waals surface area contributed by atoms with Crippen molar-refractivity contribution in [1.82, 2.24) is 0 Å². The molecule has 0 saturated carbocycles. The lowest BCUT2D eigenvalue weighted by molar-refractivity contribution is -0.385. The van der Waals surface area contributed by atoms with E-state index >= 15 is 0 Å². The number of hydrogen-bond donors (Lipinski definition) is 0. The number of hydrogen-bond acceptors (Lipinski definition) is 3. The van der Waals surface area contributed by atoms with E-state index in [2.05, 4.69) is 15.9 Å². The predicted octanol–water partition coefficient (Wildman–Crippen LogP) is 2.54. The van der Waals surface area contributed by atoms with Crippen LogP contribution in [0, 0.1) is 28.4 Å². The number of nitro benzene ring substituents is 1. The van der Waals surface area contributed by atoms with Gasteiger partial charge in [-0.15, -0.1) is 0 Å². The van der Waals surface area contributed by atoms with Crippen LogP contribution in [0.25, 0.3) is 0 Å². The van der Waals surface area contributed by atoms with Gasteiger partial charge in [-0.1, -0.05) is 15.9 Å². The van der Waals surface area contributed by atoms with Crippen LogP contribution in [-0.4, -0.2) is 4.92 Å². The normalized spacial score (nSPS) is 9.31. The first kappa shape index (κ1) is 9.68. The van der Waals surface area contributed by atoms with Crippen LogP contribution < -0.4 is 0 Å². The molecule has 0 aliphatic heterocycles. The van der Waals surface area contributed by atoms with Gasteiger partial charge in [0.25, 0.3) is 5.69 Å². The lowest BCUT2D eigenvalue weighted by Gasteiger charge is -2.00. The molecule has 0 saturated heterocycles. The SMILES string of the molecule is Cc1c(Br)ccc([N+](=O)[O-])c1C#N. The molecule has 0 bridgehead atoms. The van der Waals surface area contributed by atoms with Gasteiger partial charge in [0.15, 0.2) is 0 Å². The molecule has 0 unspecified atom stereocenters. The van der Waals surface area contributed by atoms with E-state index in [1.54, 1.807) is 13.0 Å². The van der Waals surface area contributed by atoms with Crippen LogP contribution in [-0.2, 0) is 0 Å². The minimum Gasteiger partial charge on any atom is -0.258 e. The number of halogens is 1. The van der Waals surface area contributed by atoms with Crippen molar-refractivity contribution in [2.24, 2.45) is 0 Å². The fourth-order valence-corrected chi connectivity index (χ4v) is 1.30. The Bertz CT molecular complexity index is 409. The minimum atomic E-state index is -0.558. The summed E-state index contributed by atoms with van der Waals surface area (Å²) in [4.78, 5) is 9.93. The highest BCUT2D eigenvalue weighted by Gasteiger charge is 2.16. The molecule has 0 N–H and O–H groups in total. The van der Waals surface area contributed by atoms with E-state index in [0.29, 0.717) is 10.0 Å². The second-order valence-corrected chi connectivity index (χ2v) is 3.29. The zero-order valence-electron chi connectivity index (χ0n) is 6.74. The van der Waals surface area contributed by atoms with Gasteiger partial charge >= 0.3 is 0 Å². The fraction of sp³-hybridized carbons (Fsp3) is 0.125. The highest BCUT2D eigenvalue weighted by molar-refractivity contribution is 9.10. The molecule has 1 aromatic carbocycles. The van der Waals surface area contributed by atoms with E-state index in [1.807, 2.05) is 6.07 Å². The monoisotopic (exact) mass is 240 g/mol. The number of benzene rings is 1. The molecule has 66 valence electrons. The van der Waals surface area contributed by atoms with Crippen LogP contribution in [0.1, 0.15) is 11.1 Å². The van der Waals surface area contributed by atoms with Gasteiger partial charge in [0.1, 0.15) is 11.6 Å². The molecule has 0 radical (unpaired) electrons. The summed E-state index contributed by atoms with van der Waals surface area (Å²) in [6, 6.07) is 4.69. The van der Waals surface area contributed by atoms with E-state index in [9.17, 15) is 10.1 Å². The molecular weight excluding hydrogens is 236 g/mol. The van der Waals surface area contributed by atoms with Crippen molar-refractivity contribution in [2.45, 2.75) is 6.92 Å². The number of nitrogens with zero attached hydrogens (tertiary/aromatic N) is 2. The van der Waals surface area contributed by atoms with Gasteiger partial charge in [0.05, 0.1) is 4.92 Å². The maximum Gasteiger partial charge on any atom is 0.287 e. The largest absolute Gasteiger partial charge is 0.287 e. The average molecular weight is 241 g/mol. The van der Waals surface area contributed by atoms with Crippen molar-refractivity contribution < 1.29 is 4.92 Å². The standard InChI is InChI=1S/C8H5BrN2O2/c1-5-6(4-10)8(11(12)13)3-2-7(5)9/h2-3H,1H3. The molecule has 0 heterocycles. The van der Waals surface area contributed by atoms with Crippen molar-refractivity contribution >= 4 is 21.6 Å². The highest BCUT2D eigenvalue weighted by Crippen LogP contribution is 2.27. The number of nitro groups is 1. The van der Waals surface area contributed by atoms with Crippen LogP contribution in [0.3, 0.4) is 0 Å². The molecule has 0 aliphatic carbocycles. The summed E-state index contributed by atoms with van der Waals surface area (Å²) in [6.45, 7) is 1.66. The van der Waals surface area contributed by atoms with Gasteiger partial charge in [-0.25, -0.2) is 0 Å². The smallest absolute Gasteiger partial charge is 0.258 e. The van der Waals surface area contributed by atoms with E-state index in [1.165, 1.54) is 6.07 Å². The van der Waals surface area contributed by atoms with Crippen LogP contribution in [0.2, 0.25) is 0 Å². The number of rotatable bonds is 1. The average Bonchev–Trinajstić information content (AvgIpc) is 2.09. The van der Waals surface area contributed by atoms with Gasteiger partial charge in [0.2, 0.25) is 0 Å². The zero-order valence-corrected chi connectivity index (χ0v) is 8.33. The maximum absolute atomic E-state index is 10.5. The van der Waals surface area contributed by atoms with E-state index < -0.39 is 4.92 Å². The summed E-state index contributed by atoms with van der Waals surface area (Å²) >= 11 is 3.20. The van der Waals surface area contributed by atoms with Crippen LogP contribution >= 0.6 is 15.9 Å². The second kappa shape index (κ2) is 3.54. The van der Waals surface area contributed by atoms with Crippen molar-refractivity contribution in [3.05, 3.63) is 37.8 Å². The molecule has 0 spiro atoms. The van der Waals surface area contributed by atoms with Crippen molar-refractivity contribution in [3.63, 3.8) is 0 Å². The third-order valence-corrected chi connectivity index (χ3v) is 2.54. The van der Waals surface area contributed by atoms with Crippen LogP contribution in [0.5, 0.6) is 0 Å². The van der Waals surface area contributed by atoms with Crippen LogP contribution in [0.4, 0.5) is 5.69 Å². The first-order valence-electron chi connectivity index (χ1n) is 3.41. The summed E-state index contributed by atoms with van der Waals surface area (Å²) in [5.41, 5.74) is 0.555. The Morgan fingerprint density at radius 3 is 2.69 bits per heavy atom. The third kappa shape index (κ3) is 1.68. The molecule has 0 aliphatic rings.